The lowest BCUT2D eigenvalue weighted by atomic mass is 10.2. The third-order valence-corrected chi connectivity index (χ3v) is 6.84. The van der Waals surface area contributed by atoms with E-state index in [2.05, 4.69) is 17.3 Å². The summed E-state index contributed by atoms with van der Waals surface area (Å²) in [7, 11) is 0. The van der Waals surface area contributed by atoms with E-state index in [1.165, 1.54) is 17.1 Å². The first-order chi connectivity index (χ1) is 12.6. The summed E-state index contributed by atoms with van der Waals surface area (Å²) >= 11 is 9.68. The number of benzene rings is 2. The number of oxime groups is 1. The third-order valence-electron chi connectivity index (χ3n) is 3.49. The summed E-state index contributed by atoms with van der Waals surface area (Å²) < 4.78 is 6.06. The number of carbonyl (C=O) groups is 1. The molecule has 0 aliphatic carbocycles. The maximum atomic E-state index is 11.8. The first-order valence-electron chi connectivity index (χ1n) is 7.87. The van der Waals surface area contributed by atoms with Gasteiger partial charge in [-0.2, -0.15) is 0 Å². The van der Waals surface area contributed by atoms with Crippen molar-refractivity contribution in [1.82, 2.24) is 0 Å². The molecule has 1 fully saturated rings. The van der Waals surface area contributed by atoms with Crippen LogP contribution < -0.4 is 10.5 Å². The Morgan fingerprint density at radius 1 is 1.12 bits per heavy atom. The Hall–Kier alpha value is -1.83. The summed E-state index contributed by atoms with van der Waals surface area (Å²) in [6.45, 7) is 0.0279. The fraction of sp³-hybridized carbons (Fsp3) is 0.222. The molecule has 0 unspecified atom stereocenters. The normalized spacial score (nSPS) is 15.0. The number of rotatable bonds is 6. The highest BCUT2D eigenvalue weighted by molar-refractivity contribution is 8.19. The number of hydrogen-bond donors (Lipinski definition) is 1. The Bertz CT molecular complexity index is 776. The molecule has 0 saturated carbocycles. The van der Waals surface area contributed by atoms with Crippen LogP contribution in [-0.2, 0) is 4.84 Å². The topological polar surface area (TPSA) is 73.9 Å². The van der Waals surface area contributed by atoms with E-state index in [0.29, 0.717) is 20.9 Å². The average Bonchev–Trinajstić information content (AvgIpc) is 3.20. The molecule has 136 valence electrons. The van der Waals surface area contributed by atoms with Gasteiger partial charge in [0.2, 0.25) is 0 Å². The molecule has 0 radical (unpaired) electrons. The molecule has 8 heteroatoms. The van der Waals surface area contributed by atoms with Gasteiger partial charge in [0.1, 0.15) is 12.4 Å². The lowest BCUT2D eigenvalue weighted by Crippen LogP contribution is -2.22. The molecule has 3 rings (SSSR count). The highest BCUT2D eigenvalue weighted by Crippen LogP contribution is 2.45. The summed E-state index contributed by atoms with van der Waals surface area (Å²) in [6.07, 6.45) is 0. The minimum absolute atomic E-state index is 0.0279. The molecule has 0 atom stereocenters. The highest BCUT2D eigenvalue weighted by Gasteiger charge is 2.17. The molecule has 0 aromatic heterocycles. The number of nitrogens with two attached hydrogens (primary N) is 1. The van der Waals surface area contributed by atoms with Crippen molar-refractivity contribution in [3.05, 3.63) is 64.7 Å². The molecule has 5 nitrogen and oxygen atoms in total. The molecule has 1 aliphatic heterocycles. The van der Waals surface area contributed by atoms with E-state index in [4.69, 9.17) is 26.9 Å². The lowest BCUT2D eigenvalue weighted by Gasteiger charge is -2.10. The van der Waals surface area contributed by atoms with Crippen LogP contribution >= 0.6 is 35.1 Å². The van der Waals surface area contributed by atoms with Gasteiger partial charge in [0.05, 0.1) is 10.1 Å². The maximum absolute atomic E-state index is 11.8. The fourth-order valence-electron chi connectivity index (χ4n) is 2.19. The maximum Gasteiger partial charge on any atom is 0.365 e. The van der Waals surface area contributed by atoms with E-state index < -0.39 is 5.97 Å². The monoisotopic (exact) mass is 408 g/mol. The van der Waals surface area contributed by atoms with Gasteiger partial charge in [-0.05, 0) is 42.0 Å². The smallest absolute Gasteiger partial charge is 0.365 e. The predicted molar refractivity (Wildman–Crippen MR) is 108 cm³/mol. The van der Waals surface area contributed by atoms with E-state index >= 15 is 0 Å². The van der Waals surface area contributed by atoms with Crippen LogP contribution in [0, 0.1) is 0 Å². The van der Waals surface area contributed by atoms with Crippen LogP contribution in [0.1, 0.15) is 20.5 Å². The lowest BCUT2D eigenvalue weighted by molar-refractivity contribution is 0.0513. The largest absolute Gasteiger partial charge is 0.486 e. The quantitative estimate of drug-likeness (QED) is 0.332. The van der Waals surface area contributed by atoms with Gasteiger partial charge in [-0.25, -0.2) is 4.79 Å². The van der Waals surface area contributed by atoms with Crippen molar-refractivity contribution in [2.45, 2.75) is 4.58 Å². The minimum Gasteiger partial charge on any atom is -0.486 e. The van der Waals surface area contributed by atoms with Gasteiger partial charge < -0.3 is 15.3 Å². The second-order valence-electron chi connectivity index (χ2n) is 5.40. The predicted octanol–water partition coefficient (Wildman–Crippen LogP) is 4.33. The Kier molecular flexibility index (Phi) is 6.71. The van der Waals surface area contributed by atoms with Crippen LogP contribution in [0.4, 0.5) is 0 Å². The van der Waals surface area contributed by atoms with Crippen molar-refractivity contribution in [3.8, 4) is 5.75 Å². The Morgan fingerprint density at radius 3 is 2.42 bits per heavy atom. The van der Waals surface area contributed by atoms with Crippen molar-refractivity contribution in [1.29, 1.82) is 0 Å². The Labute approximate surface area is 165 Å². The van der Waals surface area contributed by atoms with E-state index in [9.17, 15) is 4.79 Å². The number of thioether (sulfide) groups is 2. The van der Waals surface area contributed by atoms with E-state index in [1.54, 1.807) is 24.3 Å². The SMILES string of the molecule is N/C(COc1ccc(C2SCCS2)cc1)=N/OC(=O)c1ccc(Cl)cc1. The van der Waals surface area contributed by atoms with Crippen LogP contribution in [0.3, 0.4) is 0 Å². The number of hydrogen-bond acceptors (Lipinski definition) is 6. The van der Waals surface area contributed by atoms with Gasteiger partial charge in [0, 0.05) is 16.5 Å². The zero-order chi connectivity index (χ0) is 18.4. The molecular weight excluding hydrogens is 392 g/mol. The molecule has 1 saturated heterocycles. The van der Waals surface area contributed by atoms with Crippen molar-refractivity contribution in [2.75, 3.05) is 18.1 Å². The average molecular weight is 409 g/mol. The zero-order valence-electron chi connectivity index (χ0n) is 13.8. The molecule has 0 bridgehead atoms. The van der Waals surface area contributed by atoms with E-state index in [-0.39, 0.29) is 12.4 Å². The summed E-state index contributed by atoms with van der Waals surface area (Å²) in [5.74, 6) is 2.52. The second kappa shape index (κ2) is 9.21. The molecule has 0 spiro atoms. The van der Waals surface area contributed by atoms with Crippen LogP contribution in [-0.4, -0.2) is 29.9 Å². The summed E-state index contributed by atoms with van der Waals surface area (Å²) in [4.78, 5) is 16.6. The molecule has 2 aromatic rings. The van der Waals surface area contributed by atoms with Crippen LogP contribution in [0.25, 0.3) is 0 Å². The molecule has 1 heterocycles. The van der Waals surface area contributed by atoms with Crippen LogP contribution in [0.15, 0.2) is 53.7 Å². The van der Waals surface area contributed by atoms with Crippen LogP contribution in [0.5, 0.6) is 5.75 Å². The molecular formula is C18H17ClN2O3S2. The van der Waals surface area contributed by atoms with Gasteiger partial charge in [0.25, 0.3) is 0 Å². The molecule has 26 heavy (non-hydrogen) atoms. The van der Waals surface area contributed by atoms with Crippen LogP contribution in [0.2, 0.25) is 5.02 Å². The standard InChI is InChI=1S/C18H17ClN2O3S2/c19-14-5-1-12(2-6-14)17(22)24-21-16(20)11-23-15-7-3-13(4-8-15)18-25-9-10-26-18/h1-8,18H,9-11H2,(H2,20,21). The highest BCUT2D eigenvalue weighted by atomic mass is 35.5. The molecule has 1 aliphatic rings. The minimum atomic E-state index is -0.611. The van der Waals surface area contributed by atoms with Gasteiger partial charge >= 0.3 is 5.97 Å². The number of ether oxygens (including phenoxy) is 1. The second-order valence-corrected chi connectivity index (χ2v) is 8.56. The van der Waals surface area contributed by atoms with E-state index in [0.717, 1.165) is 0 Å². The van der Waals surface area contributed by atoms with Gasteiger partial charge in [-0.1, -0.05) is 28.9 Å². The summed E-state index contributed by atoms with van der Waals surface area (Å²) in [5, 5.41) is 4.13. The summed E-state index contributed by atoms with van der Waals surface area (Å²) in [5.41, 5.74) is 7.34. The first-order valence-corrected chi connectivity index (χ1v) is 10.3. The number of carbonyl (C=O) groups excluding carboxylic acids is 1. The van der Waals surface area contributed by atoms with Gasteiger partial charge in [-0.3, -0.25) is 0 Å². The fourth-order valence-corrected chi connectivity index (χ4v) is 5.18. The van der Waals surface area contributed by atoms with Crippen molar-refractivity contribution < 1.29 is 14.4 Å². The van der Waals surface area contributed by atoms with Gasteiger partial charge in [-0.15, -0.1) is 23.5 Å². The number of nitrogens with zero attached hydrogens (tertiary/aromatic N) is 1. The Balaban J connectivity index is 1.48. The van der Waals surface area contributed by atoms with Crippen molar-refractivity contribution in [3.63, 3.8) is 0 Å². The Morgan fingerprint density at radius 2 is 1.77 bits per heavy atom. The van der Waals surface area contributed by atoms with E-state index in [1.807, 2.05) is 35.7 Å². The first kappa shape index (κ1) is 18.9. The van der Waals surface area contributed by atoms with Gasteiger partial charge in [0.15, 0.2) is 5.84 Å². The summed E-state index contributed by atoms with van der Waals surface area (Å²) in [6, 6.07) is 14.2. The molecule has 0 amide bonds. The number of amidine groups is 1. The molecule has 2 N–H and O–H groups in total. The van der Waals surface area contributed by atoms with Crippen molar-refractivity contribution in [2.24, 2.45) is 10.9 Å². The van der Waals surface area contributed by atoms with Crippen molar-refractivity contribution >= 4 is 46.9 Å². The zero-order valence-corrected chi connectivity index (χ0v) is 16.2. The molecule has 2 aromatic carbocycles. The third kappa shape index (κ3) is 5.33. The number of halogens is 1.